The van der Waals surface area contributed by atoms with Gasteiger partial charge in [-0.3, -0.25) is 9.78 Å². The minimum Gasteiger partial charge on any atom is -0.481 e. The van der Waals surface area contributed by atoms with Gasteiger partial charge in [-0.25, -0.2) is 9.37 Å². The molecule has 0 aliphatic carbocycles. The van der Waals surface area contributed by atoms with Gasteiger partial charge in [0, 0.05) is 12.3 Å². The smallest absolute Gasteiger partial charge is 0.251 e. The van der Waals surface area contributed by atoms with Crippen molar-refractivity contribution in [1.82, 2.24) is 9.97 Å². The van der Waals surface area contributed by atoms with Gasteiger partial charge in [0.25, 0.3) is 5.91 Å². The first-order valence-corrected chi connectivity index (χ1v) is 8.49. The quantitative estimate of drug-likeness (QED) is 0.659. The summed E-state index contributed by atoms with van der Waals surface area (Å²) in [5.41, 5.74) is 4.98. The van der Waals surface area contributed by atoms with Crippen molar-refractivity contribution in [2.24, 2.45) is 5.73 Å². The van der Waals surface area contributed by atoms with Crippen molar-refractivity contribution in [1.29, 1.82) is 0 Å². The molecule has 144 valence electrons. The molecule has 6 nitrogen and oxygen atoms in total. The van der Waals surface area contributed by atoms with Gasteiger partial charge in [0.2, 0.25) is 11.7 Å². The van der Waals surface area contributed by atoms with Crippen molar-refractivity contribution in [2.75, 3.05) is 0 Å². The molecule has 3 rings (SSSR count). The number of carbonyl (C=O) groups excluding carboxylic acids is 1. The fraction of sp³-hybridized carbons (Fsp3) is 0.150. The largest absolute Gasteiger partial charge is 0.481 e. The number of hydrogen-bond donors (Lipinski definition) is 1. The molecule has 2 heterocycles. The van der Waals surface area contributed by atoms with Crippen LogP contribution < -0.4 is 15.2 Å². The number of benzene rings is 1. The molecule has 28 heavy (non-hydrogen) atoms. The normalized spacial score (nSPS) is 11.7. The van der Waals surface area contributed by atoms with Gasteiger partial charge < -0.3 is 15.2 Å². The fourth-order valence-electron chi connectivity index (χ4n) is 2.49. The first-order valence-electron chi connectivity index (χ1n) is 8.49. The lowest BCUT2D eigenvalue weighted by atomic mass is 10.1. The minimum absolute atomic E-state index is 0.329. The lowest BCUT2D eigenvalue weighted by molar-refractivity contribution is 0.0995. The van der Waals surface area contributed by atoms with Crippen LogP contribution in [0.1, 0.15) is 35.5 Å². The highest BCUT2D eigenvalue weighted by molar-refractivity contribution is 5.93. The van der Waals surface area contributed by atoms with Crippen LogP contribution >= 0.6 is 0 Å². The lowest BCUT2D eigenvalue weighted by Crippen LogP contribution is -2.15. The SMILES string of the molecule is CCC(Oc1ccc(C(N)=O)c(F)c1F)c1ccc(Oc2ccccn2)cn1. The van der Waals surface area contributed by atoms with Crippen molar-refractivity contribution in [2.45, 2.75) is 19.4 Å². The van der Waals surface area contributed by atoms with Crippen LogP contribution in [0.4, 0.5) is 8.78 Å². The van der Waals surface area contributed by atoms with Gasteiger partial charge in [-0.05, 0) is 36.8 Å². The summed E-state index contributed by atoms with van der Waals surface area (Å²) in [6.07, 6.45) is 2.92. The summed E-state index contributed by atoms with van der Waals surface area (Å²) in [5, 5.41) is 0. The van der Waals surface area contributed by atoms with Crippen molar-refractivity contribution < 1.29 is 23.0 Å². The fourth-order valence-corrected chi connectivity index (χ4v) is 2.49. The van der Waals surface area contributed by atoms with Crippen molar-refractivity contribution in [3.63, 3.8) is 0 Å². The highest BCUT2D eigenvalue weighted by atomic mass is 19.2. The van der Waals surface area contributed by atoms with Crippen LogP contribution in [0.25, 0.3) is 0 Å². The Morgan fingerprint density at radius 3 is 2.54 bits per heavy atom. The number of primary amides is 1. The Labute approximate surface area is 160 Å². The van der Waals surface area contributed by atoms with Crippen molar-refractivity contribution in [3.05, 3.63) is 77.8 Å². The van der Waals surface area contributed by atoms with Crippen LogP contribution in [-0.4, -0.2) is 15.9 Å². The zero-order valence-electron chi connectivity index (χ0n) is 14.9. The molecule has 0 radical (unpaired) electrons. The Kier molecular flexibility index (Phi) is 5.78. The standard InChI is InChI=1S/C20H17F2N3O3/c1-2-15(28-16-9-7-13(20(23)26)18(21)19(16)22)14-8-6-12(11-25-14)27-17-5-3-4-10-24-17/h3-11,15H,2H2,1H3,(H2,23,26). The second-order valence-corrected chi connectivity index (χ2v) is 5.81. The number of aromatic nitrogens is 2. The second kappa shape index (κ2) is 8.43. The van der Waals surface area contributed by atoms with E-state index in [2.05, 4.69) is 9.97 Å². The van der Waals surface area contributed by atoms with E-state index in [-0.39, 0.29) is 5.75 Å². The van der Waals surface area contributed by atoms with E-state index in [4.69, 9.17) is 15.2 Å². The van der Waals surface area contributed by atoms with Crippen LogP contribution in [0, 0.1) is 11.6 Å². The molecular formula is C20H17F2N3O3. The molecule has 0 aliphatic heterocycles. The Hall–Kier alpha value is -3.55. The topological polar surface area (TPSA) is 87.3 Å². The number of nitrogens with two attached hydrogens (primary N) is 1. The third kappa shape index (κ3) is 4.22. The number of nitrogens with zero attached hydrogens (tertiary/aromatic N) is 2. The van der Waals surface area contributed by atoms with Crippen molar-refractivity contribution in [3.8, 4) is 17.4 Å². The summed E-state index contributed by atoms with van der Waals surface area (Å²) < 4.78 is 39.3. The maximum absolute atomic E-state index is 14.2. The number of rotatable bonds is 7. The van der Waals surface area contributed by atoms with Gasteiger partial charge in [-0.15, -0.1) is 0 Å². The van der Waals surface area contributed by atoms with E-state index in [1.54, 1.807) is 36.5 Å². The highest BCUT2D eigenvalue weighted by Gasteiger charge is 2.21. The van der Waals surface area contributed by atoms with Gasteiger partial charge in [-0.2, -0.15) is 4.39 Å². The molecule has 2 N–H and O–H groups in total. The van der Waals surface area contributed by atoms with Crippen molar-refractivity contribution >= 4 is 5.91 Å². The van der Waals surface area contributed by atoms with E-state index in [0.717, 1.165) is 6.07 Å². The molecule has 1 unspecified atom stereocenters. The van der Waals surface area contributed by atoms with E-state index < -0.39 is 29.2 Å². The molecule has 0 bridgehead atoms. The van der Waals surface area contributed by atoms with Gasteiger partial charge >= 0.3 is 0 Å². The monoisotopic (exact) mass is 385 g/mol. The molecule has 1 aromatic carbocycles. The zero-order chi connectivity index (χ0) is 20.1. The maximum atomic E-state index is 14.2. The minimum atomic E-state index is -1.34. The van der Waals surface area contributed by atoms with E-state index in [1.165, 1.54) is 12.3 Å². The van der Waals surface area contributed by atoms with Gasteiger partial charge in [0.15, 0.2) is 11.6 Å². The Morgan fingerprint density at radius 2 is 1.93 bits per heavy atom. The molecular weight excluding hydrogens is 368 g/mol. The van der Waals surface area contributed by atoms with Crippen LogP contribution in [0.3, 0.4) is 0 Å². The molecule has 3 aromatic rings. The van der Waals surface area contributed by atoms with E-state index in [0.29, 0.717) is 23.7 Å². The van der Waals surface area contributed by atoms with Crippen LogP contribution in [-0.2, 0) is 0 Å². The first kappa shape index (κ1) is 19.2. The molecule has 0 saturated carbocycles. The predicted molar refractivity (Wildman–Crippen MR) is 97.1 cm³/mol. The maximum Gasteiger partial charge on any atom is 0.251 e. The van der Waals surface area contributed by atoms with E-state index in [9.17, 15) is 13.6 Å². The number of carbonyl (C=O) groups is 1. The number of hydrogen-bond acceptors (Lipinski definition) is 5. The number of ether oxygens (including phenoxy) is 2. The molecule has 1 amide bonds. The van der Waals surface area contributed by atoms with Crippen LogP contribution in [0.5, 0.6) is 17.4 Å². The molecule has 1 atom stereocenters. The summed E-state index contributed by atoms with van der Waals surface area (Å²) in [4.78, 5) is 19.4. The van der Waals surface area contributed by atoms with Gasteiger partial charge in [0.1, 0.15) is 11.9 Å². The average Bonchev–Trinajstić information content (AvgIpc) is 2.70. The molecule has 0 aliphatic rings. The molecule has 2 aromatic heterocycles. The van der Waals surface area contributed by atoms with Gasteiger partial charge in [0.05, 0.1) is 17.5 Å². The number of pyridine rings is 2. The Morgan fingerprint density at radius 1 is 1.11 bits per heavy atom. The summed E-state index contributed by atoms with van der Waals surface area (Å²) in [6.45, 7) is 1.82. The average molecular weight is 385 g/mol. The summed E-state index contributed by atoms with van der Waals surface area (Å²) >= 11 is 0. The number of amides is 1. The third-order valence-corrected chi connectivity index (χ3v) is 3.90. The molecule has 0 fully saturated rings. The highest BCUT2D eigenvalue weighted by Crippen LogP contribution is 2.29. The predicted octanol–water partition coefficient (Wildman–Crippen LogP) is 4.18. The Bertz CT molecular complexity index is 966. The van der Waals surface area contributed by atoms with Crippen LogP contribution in [0.15, 0.2) is 54.9 Å². The zero-order valence-corrected chi connectivity index (χ0v) is 14.9. The third-order valence-electron chi connectivity index (χ3n) is 3.90. The lowest BCUT2D eigenvalue weighted by Gasteiger charge is -2.18. The van der Waals surface area contributed by atoms with E-state index >= 15 is 0 Å². The Balaban J connectivity index is 1.77. The first-order chi connectivity index (χ1) is 13.5. The van der Waals surface area contributed by atoms with E-state index in [1.807, 2.05) is 6.92 Å². The molecule has 0 spiro atoms. The summed E-state index contributed by atoms with van der Waals surface area (Å²) in [5.74, 6) is -3.10. The van der Waals surface area contributed by atoms with Gasteiger partial charge in [-0.1, -0.05) is 13.0 Å². The molecule has 0 saturated heterocycles. The molecule has 8 heteroatoms. The van der Waals surface area contributed by atoms with Crippen LogP contribution in [0.2, 0.25) is 0 Å². The summed E-state index contributed by atoms with van der Waals surface area (Å²) in [7, 11) is 0. The second-order valence-electron chi connectivity index (χ2n) is 5.81. The summed E-state index contributed by atoms with van der Waals surface area (Å²) in [6, 6.07) is 10.9. The number of halogens is 2.